The molecule has 0 radical (unpaired) electrons. The van der Waals surface area contributed by atoms with E-state index in [4.69, 9.17) is 4.42 Å². The first-order chi connectivity index (χ1) is 9.68. The highest BCUT2D eigenvalue weighted by Crippen LogP contribution is 2.28. The van der Waals surface area contributed by atoms with Gasteiger partial charge in [-0.15, -0.1) is 0 Å². The van der Waals surface area contributed by atoms with E-state index >= 15 is 0 Å². The Morgan fingerprint density at radius 3 is 2.45 bits per heavy atom. The molecular formula is C15H9NO4. The van der Waals surface area contributed by atoms with Gasteiger partial charge in [0, 0.05) is 6.07 Å². The van der Waals surface area contributed by atoms with Crippen molar-refractivity contribution in [1.29, 1.82) is 0 Å². The fraction of sp³-hybridized carbons (Fsp3) is 0. The molecule has 20 heavy (non-hydrogen) atoms. The summed E-state index contributed by atoms with van der Waals surface area (Å²) in [7, 11) is 0. The first kappa shape index (κ1) is 12.1. The van der Waals surface area contributed by atoms with Gasteiger partial charge in [0.2, 0.25) is 5.43 Å². The smallest absolute Gasteiger partial charge is 0.277 e. The third kappa shape index (κ3) is 1.85. The molecule has 0 unspecified atom stereocenters. The minimum Gasteiger partial charge on any atom is -0.463 e. The Morgan fingerprint density at radius 2 is 1.65 bits per heavy atom. The van der Waals surface area contributed by atoms with Crippen LogP contribution in [0.1, 0.15) is 0 Å². The second kappa shape index (κ2) is 4.62. The molecule has 0 aliphatic rings. The molecular weight excluding hydrogens is 258 g/mol. The molecule has 0 bridgehead atoms. The molecule has 0 saturated heterocycles. The van der Waals surface area contributed by atoms with Crippen molar-refractivity contribution in [2.75, 3.05) is 0 Å². The number of rotatable bonds is 2. The second-order valence-corrected chi connectivity index (χ2v) is 4.25. The highest BCUT2D eigenvalue weighted by atomic mass is 16.6. The van der Waals surface area contributed by atoms with Gasteiger partial charge in [-0.3, -0.25) is 14.9 Å². The molecule has 5 nitrogen and oxygen atoms in total. The number of benzene rings is 2. The van der Waals surface area contributed by atoms with Gasteiger partial charge < -0.3 is 4.42 Å². The van der Waals surface area contributed by atoms with Crippen LogP contribution in [-0.4, -0.2) is 4.92 Å². The summed E-state index contributed by atoms with van der Waals surface area (Å²) in [5.74, 6) is 0. The van der Waals surface area contributed by atoms with Crippen LogP contribution in [0.15, 0.2) is 64.0 Å². The van der Waals surface area contributed by atoms with E-state index in [0.29, 0.717) is 11.0 Å². The highest BCUT2D eigenvalue weighted by Gasteiger charge is 2.18. The van der Waals surface area contributed by atoms with Gasteiger partial charge in [0.05, 0.1) is 21.4 Å². The van der Waals surface area contributed by atoms with E-state index in [1.165, 1.54) is 12.3 Å². The summed E-state index contributed by atoms with van der Waals surface area (Å²) in [6, 6.07) is 12.9. The van der Waals surface area contributed by atoms with Gasteiger partial charge in [-0.05, 0) is 18.2 Å². The van der Waals surface area contributed by atoms with E-state index in [1.807, 2.05) is 0 Å². The summed E-state index contributed by atoms with van der Waals surface area (Å²) in [4.78, 5) is 23.0. The quantitative estimate of drug-likeness (QED) is 0.527. The fourth-order valence-corrected chi connectivity index (χ4v) is 2.12. The molecule has 0 spiro atoms. The summed E-state index contributed by atoms with van der Waals surface area (Å²) in [5.41, 5.74) is 0.518. The summed E-state index contributed by atoms with van der Waals surface area (Å²) >= 11 is 0. The third-order valence-electron chi connectivity index (χ3n) is 3.07. The Morgan fingerprint density at radius 1 is 0.950 bits per heavy atom. The molecule has 0 N–H and O–H groups in total. The molecule has 3 rings (SSSR count). The molecule has 0 fully saturated rings. The normalized spacial score (nSPS) is 10.6. The van der Waals surface area contributed by atoms with Crippen molar-refractivity contribution in [1.82, 2.24) is 0 Å². The van der Waals surface area contributed by atoms with E-state index in [0.717, 1.165) is 0 Å². The predicted molar refractivity (Wildman–Crippen MR) is 74.6 cm³/mol. The first-order valence-electron chi connectivity index (χ1n) is 5.93. The van der Waals surface area contributed by atoms with Crippen molar-refractivity contribution < 1.29 is 9.34 Å². The van der Waals surface area contributed by atoms with Gasteiger partial charge >= 0.3 is 0 Å². The molecule has 0 atom stereocenters. The van der Waals surface area contributed by atoms with Gasteiger partial charge in [-0.25, -0.2) is 0 Å². The fourth-order valence-electron chi connectivity index (χ4n) is 2.12. The van der Waals surface area contributed by atoms with Crippen LogP contribution in [-0.2, 0) is 0 Å². The Bertz CT molecular complexity index is 867. The van der Waals surface area contributed by atoms with Crippen LogP contribution >= 0.6 is 0 Å². The SMILES string of the molecule is O=c1c(-c2ccccc2[N+](=O)[O-])coc2ccccc12. The lowest BCUT2D eigenvalue weighted by atomic mass is 10.0. The lowest BCUT2D eigenvalue weighted by Gasteiger charge is -2.03. The van der Waals surface area contributed by atoms with Crippen molar-refractivity contribution in [3.05, 3.63) is 75.1 Å². The van der Waals surface area contributed by atoms with Gasteiger partial charge in [-0.2, -0.15) is 0 Å². The van der Waals surface area contributed by atoms with E-state index < -0.39 is 4.92 Å². The van der Waals surface area contributed by atoms with Crippen LogP contribution in [0.25, 0.3) is 22.1 Å². The van der Waals surface area contributed by atoms with Gasteiger partial charge in [-0.1, -0.05) is 24.3 Å². The largest absolute Gasteiger partial charge is 0.463 e. The van der Waals surface area contributed by atoms with Crippen molar-refractivity contribution in [2.24, 2.45) is 0 Å². The summed E-state index contributed by atoms with van der Waals surface area (Å²) < 4.78 is 5.39. The number of nitro groups is 1. The molecule has 1 heterocycles. The lowest BCUT2D eigenvalue weighted by Crippen LogP contribution is -2.06. The number of nitro benzene ring substituents is 1. The Labute approximate surface area is 113 Å². The zero-order chi connectivity index (χ0) is 14.1. The van der Waals surface area contributed by atoms with Gasteiger partial charge in [0.15, 0.2) is 0 Å². The minimum absolute atomic E-state index is 0.116. The molecule has 0 amide bonds. The summed E-state index contributed by atoms with van der Waals surface area (Å²) in [5, 5.41) is 11.4. The molecule has 0 saturated carbocycles. The number of fused-ring (bicyclic) bond motifs is 1. The molecule has 3 aromatic rings. The monoisotopic (exact) mass is 267 g/mol. The maximum Gasteiger partial charge on any atom is 0.277 e. The van der Waals surface area contributed by atoms with Crippen LogP contribution in [0, 0.1) is 10.1 Å². The molecule has 98 valence electrons. The summed E-state index contributed by atoms with van der Waals surface area (Å²) in [6.07, 6.45) is 1.27. The standard InChI is InChI=1S/C15H9NO4/c17-15-11-6-2-4-8-14(11)20-9-12(15)10-5-1-3-7-13(10)16(18)19/h1-9H. The molecule has 5 heteroatoms. The Hall–Kier alpha value is -2.95. The zero-order valence-electron chi connectivity index (χ0n) is 10.3. The number of hydrogen-bond acceptors (Lipinski definition) is 4. The van der Waals surface area contributed by atoms with Gasteiger partial charge in [0.25, 0.3) is 5.69 Å². The van der Waals surface area contributed by atoms with Crippen LogP contribution in [0.5, 0.6) is 0 Å². The molecule has 0 aliphatic heterocycles. The zero-order valence-corrected chi connectivity index (χ0v) is 10.3. The van der Waals surface area contributed by atoms with Crippen LogP contribution in [0.4, 0.5) is 5.69 Å². The lowest BCUT2D eigenvalue weighted by molar-refractivity contribution is -0.384. The van der Waals surface area contributed by atoms with Crippen molar-refractivity contribution in [3.63, 3.8) is 0 Å². The van der Waals surface area contributed by atoms with Crippen LogP contribution in [0.3, 0.4) is 0 Å². The highest BCUT2D eigenvalue weighted by molar-refractivity contribution is 5.83. The number of hydrogen-bond donors (Lipinski definition) is 0. The van der Waals surface area contributed by atoms with E-state index in [9.17, 15) is 14.9 Å². The predicted octanol–water partition coefficient (Wildman–Crippen LogP) is 3.37. The van der Waals surface area contributed by atoms with E-state index in [1.54, 1.807) is 42.5 Å². The maximum absolute atomic E-state index is 12.4. The van der Waals surface area contributed by atoms with Crippen molar-refractivity contribution in [3.8, 4) is 11.1 Å². The van der Waals surface area contributed by atoms with E-state index in [-0.39, 0.29) is 22.2 Å². The van der Waals surface area contributed by atoms with E-state index in [2.05, 4.69) is 0 Å². The average molecular weight is 267 g/mol. The Balaban J connectivity index is 2.34. The van der Waals surface area contributed by atoms with Crippen molar-refractivity contribution in [2.45, 2.75) is 0 Å². The third-order valence-corrected chi connectivity index (χ3v) is 3.07. The number of nitrogens with zero attached hydrogens (tertiary/aromatic N) is 1. The molecule has 0 aliphatic carbocycles. The summed E-state index contributed by atoms with van der Waals surface area (Å²) in [6.45, 7) is 0. The van der Waals surface area contributed by atoms with Crippen LogP contribution < -0.4 is 5.43 Å². The Kier molecular flexibility index (Phi) is 2.80. The van der Waals surface area contributed by atoms with Gasteiger partial charge in [0.1, 0.15) is 11.8 Å². The van der Waals surface area contributed by atoms with Crippen LogP contribution in [0.2, 0.25) is 0 Å². The molecule has 2 aromatic carbocycles. The maximum atomic E-state index is 12.4. The first-order valence-corrected chi connectivity index (χ1v) is 5.93. The topological polar surface area (TPSA) is 73.3 Å². The van der Waals surface area contributed by atoms with Crippen molar-refractivity contribution >= 4 is 16.7 Å². The minimum atomic E-state index is -0.510. The molecule has 1 aromatic heterocycles. The average Bonchev–Trinajstić information content (AvgIpc) is 2.48. The second-order valence-electron chi connectivity index (χ2n) is 4.25. The number of para-hydroxylation sites is 2.